The number of thiazole rings is 1. The van der Waals surface area contributed by atoms with Gasteiger partial charge in [0.1, 0.15) is 5.69 Å². The van der Waals surface area contributed by atoms with Crippen molar-refractivity contribution >= 4 is 81.1 Å². The van der Waals surface area contributed by atoms with Gasteiger partial charge in [0.15, 0.2) is 22.4 Å². The van der Waals surface area contributed by atoms with E-state index in [1.807, 2.05) is 26.8 Å². The number of amides is 4. The van der Waals surface area contributed by atoms with Crippen LogP contribution in [0.15, 0.2) is 22.7 Å². The number of carbonyl (C=O) groups is 8. The number of carboxylic acids is 2. The summed E-state index contributed by atoms with van der Waals surface area (Å²) in [4.78, 5) is 113. The van der Waals surface area contributed by atoms with Crippen LogP contribution in [0.1, 0.15) is 79.2 Å². The number of anilines is 1. The molecule has 1 unspecified atom stereocenters. The summed E-state index contributed by atoms with van der Waals surface area (Å²) in [6.07, 6.45) is -0.0472. The quantitative estimate of drug-likeness (QED) is 0.0589. The van der Waals surface area contributed by atoms with Crippen molar-refractivity contribution in [2.75, 3.05) is 25.4 Å². The largest absolute Gasteiger partial charge is 0.479 e. The monoisotopic (exact) mass is 813 g/mol. The maximum absolute atomic E-state index is 13.5. The molecule has 0 spiro atoms. The van der Waals surface area contributed by atoms with Crippen LogP contribution in [0.5, 0.6) is 0 Å². The normalized spacial score (nSPS) is 21.4. The Morgan fingerprint density at radius 2 is 1.79 bits per heavy atom. The van der Waals surface area contributed by atoms with E-state index in [2.05, 4.69) is 15.6 Å². The number of aliphatic carboxylic acids is 2. The van der Waals surface area contributed by atoms with Gasteiger partial charge < -0.3 is 25.7 Å². The first-order valence-corrected chi connectivity index (χ1v) is 19.5. The molecule has 0 aliphatic carbocycles. The topological polar surface area (TPSA) is 259 Å². The molecule has 0 bridgehead atoms. The van der Waals surface area contributed by atoms with Gasteiger partial charge >= 0.3 is 23.9 Å². The molecule has 18 nitrogen and oxygen atoms in total. The number of hydrazine groups is 1. The van der Waals surface area contributed by atoms with Crippen molar-refractivity contribution in [2.45, 2.75) is 83.1 Å². The van der Waals surface area contributed by atoms with Crippen LogP contribution in [-0.4, -0.2) is 118 Å². The highest BCUT2D eigenvalue weighted by atomic mass is 32.2. The number of aryl methyl sites for hydroxylation is 1. The summed E-state index contributed by atoms with van der Waals surface area (Å²) in [5, 5.41) is 25.1. The van der Waals surface area contributed by atoms with E-state index in [1.54, 1.807) is 13.0 Å². The second kappa shape index (κ2) is 16.0. The summed E-state index contributed by atoms with van der Waals surface area (Å²) in [7, 11) is 0. The molecule has 5 rings (SSSR count). The minimum absolute atomic E-state index is 0.00234. The van der Waals surface area contributed by atoms with Crippen molar-refractivity contribution in [1.29, 1.82) is 0 Å². The van der Waals surface area contributed by atoms with Crippen LogP contribution in [-0.2, 0) is 33.6 Å². The zero-order valence-corrected chi connectivity index (χ0v) is 33.2. The maximum Gasteiger partial charge on any atom is 0.350 e. The highest BCUT2D eigenvalue weighted by molar-refractivity contribution is 8.02. The number of nitrogens with two attached hydrogens (primary N) is 1. The molecule has 0 radical (unpaired) electrons. The molecular formula is C36H43N7O11S2. The van der Waals surface area contributed by atoms with Gasteiger partial charge in [-0.05, 0) is 64.2 Å². The Hall–Kier alpha value is -5.37. The Labute approximate surface area is 329 Å². The van der Waals surface area contributed by atoms with Crippen LogP contribution >= 0.6 is 23.1 Å². The Morgan fingerprint density at radius 1 is 1.09 bits per heavy atom. The number of benzene rings is 1. The number of thioether (sulfide) groups is 1. The van der Waals surface area contributed by atoms with E-state index < -0.39 is 82.0 Å². The molecule has 4 amide bonds. The fraction of sp³-hybridized carbons (Fsp3) is 0.500. The summed E-state index contributed by atoms with van der Waals surface area (Å²) >= 11 is 1.78. The van der Waals surface area contributed by atoms with Crippen molar-refractivity contribution in [3.8, 4) is 0 Å². The average Bonchev–Trinajstić information content (AvgIpc) is 3.85. The van der Waals surface area contributed by atoms with Crippen LogP contribution in [0.3, 0.4) is 0 Å². The number of aromatic nitrogens is 1. The van der Waals surface area contributed by atoms with Gasteiger partial charge in [-0.3, -0.25) is 34.3 Å². The van der Waals surface area contributed by atoms with Gasteiger partial charge in [-0.25, -0.2) is 24.4 Å². The first-order valence-electron chi connectivity index (χ1n) is 17.7. The fourth-order valence-electron chi connectivity index (χ4n) is 6.54. The number of carboxylic acid groups (broad SMARTS) is 2. The van der Waals surface area contributed by atoms with Crippen LogP contribution in [0.2, 0.25) is 0 Å². The molecule has 1 aromatic heterocycles. The third kappa shape index (κ3) is 7.97. The number of nitrogen functional groups attached to an aromatic ring is 1. The van der Waals surface area contributed by atoms with E-state index in [0.717, 1.165) is 49.7 Å². The number of rotatable bonds is 17. The van der Waals surface area contributed by atoms with Crippen molar-refractivity contribution < 1.29 is 53.4 Å². The minimum atomic E-state index is -1.98. The van der Waals surface area contributed by atoms with Gasteiger partial charge in [0.25, 0.3) is 0 Å². The predicted molar refractivity (Wildman–Crippen MR) is 202 cm³/mol. The smallest absolute Gasteiger partial charge is 0.350 e. The van der Waals surface area contributed by atoms with Gasteiger partial charge in [-0.15, -0.1) is 11.3 Å². The van der Waals surface area contributed by atoms with Crippen molar-refractivity contribution in [2.24, 2.45) is 17.0 Å². The third-order valence-electron chi connectivity index (χ3n) is 10.3. The molecule has 3 fully saturated rings. The molecule has 3 aliphatic heterocycles. The molecule has 0 saturated carbocycles. The molecule has 3 aliphatic rings. The number of ketones is 3. The van der Waals surface area contributed by atoms with Crippen LogP contribution < -0.4 is 11.2 Å². The van der Waals surface area contributed by atoms with E-state index in [1.165, 1.54) is 24.1 Å². The third-order valence-corrected chi connectivity index (χ3v) is 12.8. The lowest BCUT2D eigenvalue weighted by Crippen LogP contribution is -2.60. The standard InChI is InChI=1S/C36H43N7O11S2/c1-17-10-11-21(20(4)19(17)3)27(46)18(2)8-7-9-24(44)28(47)39-43-13-12-42(34(43)53)36(32(51)52)16-41-29(48)22(30(41)56-36)14-25(45)26(23-15-55-33(37)38-23)40-54-35(5,6)31(49)50/h10-11,15,18,22,30H,7-9,12-14,16H2,1-6H3,(H2,37,38)(H,39,47)(H,49,50)(H,51,52)/b40-26-/t18?,22-,30-,36-/m1/s1. The predicted octanol–water partition coefficient (Wildman–Crippen LogP) is 2.53. The Morgan fingerprint density at radius 3 is 2.41 bits per heavy atom. The first-order chi connectivity index (χ1) is 26.2. The van der Waals surface area contributed by atoms with Crippen LogP contribution in [0.4, 0.5) is 9.93 Å². The number of β-lactam (4-membered cyclic amide) rings is 1. The summed E-state index contributed by atoms with van der Waals surface area (Å²) in [5.41, 5.74) is 9.42. The van der Waals surface area contributed by atoms with Gasteiger partial charge in [-0.2, -0.15) is 0 Å². The van der Waals surface area contributed by atoms with Crippen LogP contribution in [0, 0.1) is 32.6 Å². The molecule has 5 N–H and O–H groups in total. The molecule has 2 aromatic rings. The molecule has 56 heavy (non-hydrogen) atoms. The van der Waals surface area contributed by atoms with E-state index in [-0.39, 0.29) is 48.3 Å². The second-order valence-electron chi connectivity index (χ2n) is 14.5. The molecule has 1 aromatic carbocycles. The zero-order valence-electron chi connectivity index (χ0n) is 31.6. The summed E-state index contributed by atoms with van der Waals surface area (Å²) < 4.78 is 0. The fourth-order valence-corrected chi connectivity index (χ4v) is 8.78. The van der Waals surface area contributed by atoms with Gasteiger partial charge in [0, 0.05) is 36.2 Å². The molecule has 20 heteroatoms. The van der Waals surface area contributed by atoms with E-state index in [9.17, 15) is 48.6 Å². The number of carbonyl (C=O) groups excluding carboxylic acids is 6. The number of hydrogen-bond donors (Lipinski definition) is 4. The summed E-state index contributed by atoms with van der Waals surface area (Å²) in [6.45, 7) is 9.28. The lowest BCUT2D eigenvalue weighted by atomic mass is 9.89. The number of oxime groups is 1. The Bertz CT molecular complexity index is 2050. The minimum Gasteiger partial charge on any atom is -0.479 e. The SMILES string of the molecule is Cc1ccc(C(=O)C(C)CCCC(=O)C(=O)NN2CCN([C@]3(C(=O)O)CN4C(=O)[C@@H](CC(=O)/C(=N\OC(C)(C)C(=O)O)c5csc(N)n5)[C@H]4S3)C2=O)c(C)c1C. The van der Waals surface area contributed by atoms with Gasteiger partial charge in [0.2, 0.25) is 22.2 Å². The lowest BCUT2D eigenvalue weighted by Gasteiger charge is -2.40. The average molecular weight is 814 g/mol. The van der Waals surface area contributed by atoms with E-state index >= 15 is 0 Å². The molecule has 4 atom stereocenters. The number of nitrogens with zero attached hydrogens (tertiary/aromatic N) is 5. The highest BCUT2D eigenvalue weighted by Crippen LogP contribution is 2.52. The molecular weight excluding hydrogens is 771 g/mol. The number of Topliss-reactive ketones (excluding diaryl/α,β-unsaturated/α-hetero) is 3. The summed E-state index contributed by atoms with van der Waals surface area (Å²) in [5.74, 6) is -7.45. The molecule has 300 valence electrons. The van der Waals surface area contributed by atoms with Crippen LogP contribution in [0.25, 0.3) is 0 Å². The number of urea groups is 1. The van der Waals surface area contributed by atoms with E-state index in [4.69, 9.17) is 10.6 Å². The molecule has 4 heterocycles. The number of hydrogen-bond acceptors (Lipinski definition) is 14. The Kier molecular flexibility index (Phi) is 11.9. The Balaban J connectivity index is 1.19. The maximum atomic E-state index is 13.5. The summed E-state index contributed by atoms with van der Waals surface area (Å²) in [6, 6.07) is 2.78. The number of nitrogens with one attached hydrogen (secondary N) is 1. The number of fused-ring (bicyclic) bond motifs is 1. The van der Waals surface area contributed by atoms with Gasteiger partial charge in [-0.1, -0.05) is 36.0 Å². The first kappa shape index (κ1) is 41.8. The highest BCUT2D eigenvalue weighted by Gasteiger charge is 2.66. The van der Waals surface area contributed by atoms with Crippen molar-refractivity contribution in [1.82, 2.24) is 25.2 Å². The zero-order chi connectivity index (χ0) is 41.4. The van der Waals surface area contributed by atoms with Crippen molar-refractivity contribution in [3.63, 3.8) is 0 Å². The van der Waals surface area contributed by atoms with Gasteiger partial charge in [0.05, 0.1) is 24.4 Å². The van der Waals surface area contributed by atoms with E-state index in [0.29, 0.717) is 12.0 Å². The second-order valence-corrected chi connectivity index (χ2v) is 16.8. The molecule has 3 saturated heterocycles. The van der Waals surface area contributed by atoms with Crippen molar-refractivity contribution in [3.05, 3.63) is 45.5 Å². The lowest BCUT2D eigenvalue weighted by molar-refractivity contribution is -0.161.